The molecule has 0 fully saturated rings. The third-order valence-electron chi connectivity index (χ3n) is 8.00. The summed E-state index contributed by atoms with van der Waals surface area (Å²) in [6, 6.07) is 30.9. The number of pyridine rings is 1. The zero-order valence-electron chi connectivity index (χ0n) is 21.0. The molecule has 0 saturated carbocycles. The average molecular weight is 485 g/mol. The number of fused-ring (bicyclic) bond motifs is 4. The van der Waals surface area contributed by atoms with E-state index in [-0.39, 0.29) is 5.82 Å². The van der Waals surface area contributed by atoms with E-state index in [4.69, 9.17) is 4.42 Å². The fourth-order valence-electron chi connectivity index (χ4n) is 6.06. The van der Waals surface area contributed by atoms with Crippen molar-refractivity contribution in [1.82, 2.24) is 0 Å². The Bertz CT molecular complexity index is 1790. The van der Waals surface area contributed by atoms with Gasteiger partial charge >= 0.3 is 0 Å². The molecular formula is C34H27FNO+. The number of benzene rings is 4. The molecule has 1 aliphatic rings. The fourth-order valence-corrected chi connectivity index (χ4v) is 6.06. The molecule has 4 aromatic carbocycles. The van der Waals surface area contributed by atoms with Gasteiger partial charge in [0.15, 0.2) is 6.20 Å². The Morgan fingerprint density at radius 3 is 2.08 bits per heavy atom. The Morgan fingerprint density at radius 2 is 1.38 bits per heavy atom. The zero-order valence-corrected chi connectivity index (χ0v) is 21.0. The Kier molecular flexibility index (Phi) is 5.00. The van der Waals surface area contributed by atoms with Crippen molar-refractivity contribution in [3.8, 4) is 22.4 Å². The van der Waals surface area contributed by atoms with Gasteiger partial charge in [0.25, 0.3) is 0 Å². The summed E-state index contributed by atoms with van der Waals surface area (Å²) in [6.45, 7) is 2.09. The summed E-state index contributed by atoms with van der Waals surface area (Å²) in [5, 5.41) is 1.93. The summed E-state index contributed by atoms with van der Waals surface area (Å²) < 4.78 is 24.1. The highest BCUT2D eigenvalue weighted by molar-refractivity contribution is 6.13. The maximum absolute atomic E-state index is 15.4. The number of aromatic nitrogens is 1. The highest BCUT2D eigenvalue weighted by atomic mass is 19.1. The van der Waals surface area contributed by atoms with Crippen molar-refractivity contribution in [2.45, 2.75) is 25.7 Å². The summed E-state index contributed by atoms with van der Waals surface area (Å²) in [5.41, 5.74) is 10.2. The second kappa shape index (κ2) is 8.41. The number of aryl methyl sites for hydroxylation is 2. The van der Waals surface area contributed by atoms with Crippen LogP contribution < -0.4 is 4.57 Å². The predicted molar refractivity (Wildman–Crippen MR) is 147 cm³/mol. The molecule has 0 atom stereocenters. The molecule has 6 aromatic rings. The molecule has 0 spiro atoms. The van der Waals surface area contributed by atoms with Gasteiger partial charge in [0.2, 0.25) is 5.69 Å². The van der Waals surface area contributed by atoms with Crippen LogP contribution in [0.2, 0.25) is 0 Å². The summed E-state index contributed by atoms with van der Waals surface area (Å²) in [4.78, 5) is 0. The molecule has 0 N–H and O–H groups in total. The molecule has 2 aromatic heterocycles. The lowest BCUT2D eigenvalue weighted by atomic mass is 9.93. The first kappa shape index (κ1) is 22.0. The largest absolute Gasteiger partial charge is 0.454 e. The summed E-state index contributed by atoms with van der Waals surface area (Å²) in [7, 11) is 2.03. The maximum atomic E-state index is 15.4. The highest BCUT2D eigenvalue weighted by Gasteiger charge is 2.24. The van der Waals surface area contributed by atoms with Crippen molar-refractivity contribution in [1.29, 1.82) is 0 Å². The van der Waals surface area contributed by atoms with Crippen molar-refractivity contribution in [3.63, 3.8) is 0 Å². The van der Waals surface area contributed by atoms with Crippen molar-refractivity contribution < 1.29 is 13.4 Å². The maximum Gasteiger partial charge on any atom is 0.216 e. The number of hydrogen-bond donors (Lipinski definition) is 0. The number of hydrogen-bond acceptors (Lipinski definition) is 1. The first-order valence-electron chi connectivity index (χ1n) is 12.8. The second-order valence-corrected chi connectivity index (χ2v) is 10.2. The van der Waals surface area contributed by atoms with E-state index >= 15 is 4.39 Å². The second-order valence-electron chi connectivity index (χ2n) is 10.2. The van der Waals surface area contributed by atoms with Gasteiger partial charge in [-0.05, 0) is 71.7 Å². The molecule has 0 saturated heterocycles. The molecule has 1 aliphatic carbocycles. The SMILES string of the molecule is Cc1ccc2c(oc3c(-c4ccc(C5Cc6ccccc6C5)cc4)c(F)ccc32)c1-c1cccc[n+]1C. The van der Waals surface area contributed by atoms with Crippen molar-refractivity contribution >= 4 is 21.9 Å². The normalized spacial score (nSPS) is 13.5. The van der Waals surface area contributed by atoms with Crippen LogP contribution in [-0.2, 0) is 19.9 Å². The molecule has 180 valence electrons. The summed E-state index contributed by atoms with van der Waals surface area (Å²) in [6.07, 6.45) is 4.15. The van der Waals surface area contributed by atoms with Crippen LogP contribution in [0.1, 0.15) is 28.2 Å². The van der Waals surface area contributed by atoms with Crippen molar-refractivity contribution in [3.05, 3.63) is 125 Å². The first-order valence-corrected chi connectivity index (χ1v) is 12.8. The first-order chi connectivity index (χ1) is 18.1. The van der Waals surface area contributed by atoms with E-state index in [0.29, 0.717) is 17.1 Å². The Hall–Kier alpha value is -4.24. The van der Waals surface area contributed by atoms with Crippen LogP contribution in [-0.4, -0.2) is 0 Å². The highest BCUT2D eigenvalue weighted by Crippen LogP contribution is 2.42. The topological polar surface area (TPSA) is 17.0 Å². The van der Waals surface area contributed by atoms with E-state index in [2.05, 4.69) is 66.1 Å². The van der Waals surface area contributed by atoms with E-state index in [1.807, 2.05) is 43.6 Å². The fraction of sp³-hybridized carbons (Fsp3) is 0.147. The van der Waals surface area contributed by atoms with Crippen LogP contribution >= 0.6 is 0 Å². The Balaban J connectivity index is 1.36. The molecular weight excluding hydrogens is 457 g/mol. The predicted octanol–water partition coefficient (Wildman–Crippen LogP) is 8.07. The van der Waals surface area contributed by atoms with Crippen LogP contribution in [0.4, 0.5) is 4.39 Å². The van der Waals surface area contributed by atoms with E-state index < -0.39 is 0 Å². The molecule has 0 aliphatic heterocycles. The molecule has 3 heteroatoms. The van der Waals surface area contributed by atoms with Gasteiger partial charge in [-0.15, -0.1) is 0 Å². The third kappa shape index (κ3) is 3.49. The summed E-state index contributed by atoms with van der Waals surface area (Å²) >= 11 is 0. The molecule has 0 bridgehead atoms. The minimum absolute atomic E-state index is 0.267. The lowest BCUT2D eigenvalue weighted by Crippen LogP contribution is -2.30. The molecule has 0 radical (unpaired) electrons. The molecule has 2 heterocycles. The van der Waals surface area contributed by atoms with Gasteiger partial charge in [-0.2, -0.15) is 0 Å². The van der Waals surface area contributed by atoms with Crippen molar-refractivity contribution in [2.75, 3.05) is 0 Å². The minimum Gasteiger partial charge on any atom is -0.454 e. The van der Waals surface area contributed by atoms with E-state index in [1.54, 1.807) is 6.07 Å². The lowest BCUT2D eigenvalue weighted by molar-refractivity contribution is -0.660. The monoisotopic (exact) mass is 484 g/mol. The smallest absolute Gasteiger partial charge is 0.216 e. The van der Waals surface area contributed by atoms with Crippen LogP contribution in [0.25, 0.3) is 44.3 Å². The number of furan rings is 1. The number of halogens is 1. The third-order valence-corrected chi connectivity index (χ3v) is 8.00. The van der Waals surface area contributed by atoms with Crippen LogP contribution in [0, 0.1) is 12.7 Å². The molecule has 37 heavy (non-hydrogen) atoms. The van der Waals surface area contributed by atoms with Gasteiger partial charge in [0.1, 0.15) is 24.0 Å². The van der Waals surface area contributed by atoms with Gasteiger partial charge in [0, 0.05) is 22.9 Å². The standard InChI is InChI=1S/C34H27FNO/c1-21-10-15-27-28-16-17-29(35)32(34(28)37-33(27)31(21)30-9-5-6-18-36(30)2)23-13-11-22(12-14-23)26-19-24-7-3-4-8-25(24)20-26/h3-18,26H,19-20H2,1-2H3/q+1. The average Bonchev–Trinajstić information content (AvgIpc) is 3.51. The zero-order chi connectivity index (χ0) is 25.1. The van der Waals surface area contributed by atoms with Gasteiger partial charge in [0.05, 0.1) is 11.1 Å². The van der Waals surface area contributed by atoms with Gasteiger partial charge in [-0.1, -0.05) is 60.7 Å². The van der Waals surface area contributed by atoms with Crippen LogP contribution in [0.3, 0.4) is 0 Å². The molecule has 7 rings (SSSR count). The van der Waals surface area contributed by atoms with Crippen molar-refractivity contribution in [2.24, 2.45) is 7.05 Å². The number of rotatable bonds is 3. The Labute approximate surface area is 215 Å². The van der Waals surface area contributed by atoms with E-state index in [9.17, 15) is 0 Å². The van der Waals surface area contributed by atoms with Gasteiger partial charge < -0.3 is 4.42 Å². The molecule has 2 nitrogen and oxygen atoms in total. The van der Waals surface area contributed by atoms with E-state index in [0.717, 1.165) is 51.6 Å². The van der Waals surface area contributed by atoms with Gasteiger partial charge in [-0.25, -0.2) is 8.96 Å². The van der Waals surface area contributed by atoms with Gasteiger partial charge in [-0.3, -0.25) is 0 Å². The molecule has 0 amide bonds. The van der Waals surface area contributed by atoms with Crippen LogP contribution in [0.15, 0.2) is 102 Å². The number of nitrogens with zero attached hydrogens (tertiary/aromatic N) is 1. The quantitative estimate of drug-likeness (QED) is 0.232. The lowest BCUT2D eigenvalue weighted by Gasteiger charge is -2.11. The van der Waals surface area contributed by atoms with E-state index in [1.165, 1.54) is 16.7 Å². The Morgan fingerprint density at radius 1 is 0.730 bits per heavy atom. The molecule has 0 unspecified atom stereocenters. The minimum atomic E-state index is -0.267. The summed E-state index contributed by atoms with van der Waals surface area (Å²) in [5.74, 6) is 0.201. The van der Waals surface area contributed by atoms with Crippen LogP contribution in [0.5, 0.6) is 0 Å².